The van der Waals surface area contributed by atoms with Crippen molar-refractivity contribution in [2.75, 3.05) is 66.7 Å². The molecule has 0 spiro atoms. The van der Waals surface area contributed by atoms with E-state index in [9.17, 15) is 14.0 Å². The van der Waals surface area contributed by atoms with Crippen molar-refractivity contribution in [3.63, 3.8) is 0 Å². The first kappa shape index (κ1) is 33.3. The van der Waals surface area contributed by atoms with E-state index in [0.717, 1.165) is 62.7 Å². The second kappa shape index (κ2) is 14.4. The van der Waals surface area contributed by atoms with Crippen LogP contribution >= 0.6 is 11.3 Å². The predicted molar refractivity (Wildman–Crippen MR) is 202 cm³/mol. The average Bonchev–Trinajstić information content (AvgIpc) is 3.60. The van der Waals surface area contributed by atoms with Crippen molar-refractivity contribution in [2.45, 2.75) is 12.8 Å². The van der Waals surface area contributed by atoms with E-state index < -0.39 is 11.4 Å². The van der Waals surface area contributed by atoms with Gasteiger partial charge in [-0.3, -0.25) is 19.1 Å². The average molecular weight is 718 g/mol. The first-order valence-electron chi connectivity index (χ1n) is 17.2. The Morgan fingerprint density at radius 1 is 0.923 bits per heavy atom. The van der Waals surface area contributed by atoms with Gasteiger partial charge in [-0.2, -0.15) is 0 Å². The number of halogens is 1. The third-order valence-corrected chi connectivity index (χ3v) is 10.4. The van der Waals surface area contributed by atoms with Gasteiger partial charge in [0.2, 0.25) is 5.95 Å². The summed E-state index contributed by atoms with van der Waals surface area (Å²) in [6, 6.07) is 25.2. The lowest BCUT2D eigenvalue weighted by Crippen LogP contribution is -2.47. The first-order valence-corrected chi connectivity index (χ1v) is 18.0. The molecular weight excluding hydrogens is 682 g/mol. The highest BCUT2D eigenvalue weighted by molar-refractivity contribution is 7.20. The number of piperazine rings is 1. The van der Waals surface area contributed by atoms with E-state index in [1.165, 1.54) is 33.9 Å². The van der Waals surface area contributed by atoms with E-state index in [4.69, 9.17) is 10.5 Å². The van der Waals surface area contributed by atoms with Crippen LogP contribution in [-0.2, 0) is 6.42 Å². The van der Waals surface area contributed by atoms with Crippen molar-refractivity contribution in [1.82, 2.24) is 24.4 Å². The Hall–Kier alpha value is -5.86. The number of aromatic nitrogens is 4. The van der Waals surface area contributed by atoms with Crippen LogP contribution in [0.1, 0.15) is 21.7 Å². The van der Waals surface area contributed by atoms with E-state index in [-0.39, 0.29) is 11.7 Å². The van der Waals surface area contributed by atoms with E-state index >= 15 is 0 Å². The van der Waals surface area contributed by atoms with Crippen molar-refractivity contribution in [3.8, 4) is 11.4 Å². The van der Waals surface area contributed by atoms with Gasteiger partial charge in [0.15, 0.2) is 11.6 Å². The maximum absolute atomic E-state index is 13.5. The Labute approximate surface area is 302 Å². The molecule has 6 aromatic rings. The molecule has 3 N–H and O–H groups in total. The number of carbonyl (C=O) groups is 1. The molecule has 14 heteroatoms. The topological polar surface area (TPSA) is 135 Å². The SMILES string of the molecule is Nc1nc2sc(C(=O)Nc3ccc(CCCN4CCN(c5ncc(F)cn5)CC4)cc3)cc2n(-c2ccc3c(c2)N(c2ccccc2)CCO3)c1=O. The van der Waals surface area contributed by atoms with E-state index in [0.29, 0.717) is 45.7 Å². The zero-order chi connectivity index (χ0) is 35.6. The summed E-state index contributed by atoms with van der Waals surface area (Å²) in [4.78, 5) is 47.0. The van der Waals surface area contributed by atoms with Gasteiger partial charge < -0.3 is 25.6 Å². The third-order valence-electron chi connectivity index (χ3n) is 9.35. The number of fused-ring (bicyclic) bond motifs is 2. The molecule has 0 aliphatic carbocycles. The zero-order valence-corrected chi connectivity index (χ0v) is 29.1. The minimum absolute atomic E-state index is 0.146. The maximum Gasteiger partial charge on any atom is 0.298 e. The van der Waals surface area contributed by atoms with Crippen LogP contribution in [0, 0.1) is 5.82 Å². The van der Waals surface area contributed by atoms with Crippen molar-refractivity contribution in [1.29, 1.82) is 0 Å². The molecule has 0 atom stereocenters. The van der Waals surface area contributed by atoms with Gasteiger partial charge in [-0.1, -0.05) is 30.3 Å². The van der Waals surface area contributed by atoms with Crippen LogP contribution in [-0.4, -0.2) is 76.2 Å². The maximum atomic E-state index is 13.5. The molecule has 5 heterocycles. The molecule has 0 radical (unpaired) electrons. The normalized spacial score (nSPS) is 14.6. The fourth-order valence-corrected chi connectivity index (χ4v) is 7.60. The summed E-state index contributed by atoms with van der Waals surface area (Å²) >= 11 is 1.18. The summed E-state index contributed by atoms with van der Waals surface area (Å²) in [6.45, 7) is 5.57. The van der Waals surface area contributed by atoms with Crippen LogP contribution in [0.5, 0.6) is 5.75 Å². The second-order valence-electron chi connectivity index (χ2n) is 12.7. The minimum atomic E-state index is -0.461. The Morgan fingerprint density at radius 3 is 2.46 bits per heavy atom. The molecule has 12 nitrogen and oxygen atoms in total. The van der Waals surface area contributed by atoms with Crippen LogP contribution in [0.3, 0.4) is 0 Å². The van der Waals surface area contributed by atoms with Crippen molar-refractivity contribution < 1.29 is 13.9 Å². The zero-order valence-electron chi connectivity index (χ0n) is 28.2. The van der Waals surface area contributed by atoms with E-state index in [1.54, 1.807) is 6.07 Å². The van der Waals surface area contributed by atoms with Crippen LogP contribution in [0.15, 0.2) is 96.1 Å². The minimum Gasteiger partial charge on any atom is -0.490 e. The molecule has 0 bridgehead atoms. The van der Waals surface area contributed by atoms with Crippen LogP contribution in [0.25, 0.3) is 16.0 Å². The molecule has 3 aromatic carbocycles. The number of hydrogen-bond acceptors (Lipinski definition) is 11. The molecule has 1 saturated heterocycles. The number of para-hydroxylation sites is 1. The molecule has 264 valence electrons. The Balaban J connectivity index is 0.921. The lowest BCUT2D eigenvalue weighted by molar-refractivity contribution is 0.103. The van der Waals surface area contributed by atoms with Gasteiger partial charge in [0.1, 0.15) is 17.2 Å². The molecule has 1 amide bonds. The summed E-state index contributed by atoms with van der Waals surface area (Å²) < 4.78 is 20.6. The number of rotatable bonds is 9. The molecular formula is C38H36FN9O3S. The molecule has 52 heavy (non-hydrogen) atoms. The van der Waals surface area contributed by atoms with Crippen molar-refractivity contribution >= 4 is 56.4 Å². The van der Waals surface area contributed by atoms with E-state index in [2.05, 4.69) is 35.0 Å². The highest BCUT2D eigenvalue weighted by Gasteiger charge is 2.23. The number of aryl methyl sites for hydroxylation is 1. The second-order valence-corrected chi connectivity index (χ2v) is 13.7. The summed E-state index contributed by atoms with van der Waals surface area (Å²) in [5, 5.41) is 2.99. The number of carbonyl (C=O) groups excluding carboxylic acids is 1. The number of thiophene rings is 1. The van der Waals surface area contributed by atoms with Crippen LogP contribution in [0.2, 0.25) is 0 Å². The first-order chi connectivity index (χ1) is 25.4. The smallest absolute Gasteiger partial charge is 0.298 e. The lowest BCUT2D eigenvalue weighted by Gasteiger charge is -2.34. The van der Waals surface area contributed by atoms with Crippen molar-refractivity contribution in [2.24, 2.45) is 0 Å². The number of hydrogen-bond donors (Lipinski definition) is 2. The standard InChI is InChI=1S/C38H36FN9O3S/c39-26-23-41-38(42-24-26)46-17-15-45(16-18-46)14-4-5-25-8-10-27(11-9-25)43-35(49)33-22-31-36(52-33)44-34(40)37(50)48(31)29-12-13-32-30(21-29)47(19-20-51-32)28-6-2-1-3-7-28/h1-3,6-13,21-24H,4-5,14-20H2,(H2,40,44)(H,43,49). The van der Waals surface area contributed by atoms with Crippen LogP contribution < -0.4 is 31.1 Å². The number of nitrogens with two attached hydrogens (primary N) is 1. The van der Waals surface area contributed by atoms with Crippen molar-refractivity contribution in [3.05, 3.63) is 118 Å². The van der Waals surface area contributed by atoms with Gasteiger partial charge in [0, 0.05) is 37.6 Å². The molecule has 0 saturated carbocycles. The molecule has 2 aliphatic rings. The number of benzene rings is 3. The fourth-order valence-electron chi connectivity index (χ4n) is 6.68. The van der Waals surface area contributed by atoms with E-state index in [1.807, 2.05) is 72.8 Å². The fraction of sp³-hybridized carbons (Fsp3) is 0.237. The Morgan fingerprint density at radius 2 is 1.69 bits per heavy atom. The number of ether oxygens (including phenoxy) is 1. The summed E-state index contributed by atoms with van der Waals surface area (Å²) in [7, 11) is 0. The van der Waals surface area contributed by atoms with Gasteiger partial charge in [0.25, 0.3) is 11.5 Å². The lowest BCUT2D eigenvalue weighted by atomic mass is 10.1. The highest BCUT2D eigenvalue weighted by atomic mass is 32.1. The largest absolute Gasteiger partial charge is 0.490 e. The number of nitrogen functional groups attached to an aromatic ring is 1. The van der Waals surface area contributed by atoms with Gasteiger partial charge in [-0.05, 0) is 73.5 Å². The Bertz CT molecular complexity index is 2270. The van der Waals surface area contributed by atoms with Gasteiger partial charge in [-0.15, -0.1) is 11.3 Å². The quantitative estimate of drug-likeness (QED) is 0.198. The van der Waals surface area contributed by atoms with Crippen LogP contribution in [0.4, 0.5) is 33.2 Å². The van der Waals surface area contributed by atoms with Gasteiger partial charge >= 0.3 is 0 Å². The molecule has 3 aromatic heterocycles. The number of nitrogens with zero attached hydrogens (tertiary/aromatic N) is 7. The highest BCUT2D eigenvalue weighted by Crippen LogP contribution is 2.38. The molecule has 8 rings (SSSR count). The number of anilines is 5. The third kappa shape index (κ3) is 6.90. The predicted octanol–water partition coefficient (Wildman–Crippen LogP) is 5.50. The van der Waals surface area contributed by atoms with Gasteiger partial charge in [0.05, 0.1) is 40.7 Å². The number of nitrogens with one attached hydrogen (secondary N) is 1. The summed E-state index contributed by atoms with van der Waals surface area (Å²) in [6.07, 6.45) is 4.32. The molecule has 0 unspecified atom stereocenters. The molecule has 2 aliphatic heterocycles. The monoisotopic (exact) mass is 717 g/mol. The summed E-state index contributed by atoms with van der Waals surface area (Å²) in [5.41, 5.74) is 10.5. The Kier molecular flexibility index (Phi) is 9.22. The number of amides is 1. The molecule has 1 fully saturated rings. The van der Waals surface area contributed by atoms with Gasteiger partial charge in [-0.25, -0.2) is 19.3 Å². The summed E-state index contributed by atoms with van der Waals surface area (Å²) in [5.74, 6) is 0.412.